The number of esters is 1. The molecule has 1 aliphatic carbocycles. The van der Waals surface area contributed by atoms with Gasteiger partial charge in [-0.25, -0.2) is 4.98 Å². The lowest BCUT2D eigenvalue weighted by molar-refractivity contribution is -0.150. The van der Waals surface area contributed by atoms with E-state index in [1.165, 1.54) is 6.20 Å². The monoisotopic (exact) mass is 556 g/mol. The fraction of sp³-hybridized carbons (Fsp3) is 0.290. The average Bonchev–Trinajstić information content (AvgIpc) is 3.51. The Morgan fingerprint density at radius 2 is 1.80 bits per heavy atom. The largest absolute Gasteiger partial charge is 0.493 e. The van der Waals surface area contributed by atoms with Crippen molar-refractivity contribution in [3.05, 3.63) is 78.6 Å². The van der Waals surface area contributed by atoms with Gasteiger partial charge in [0.2, 0.25) is 5.88 Å². The molecule has 41 heavy (non-hydrogen) atoms. The van der Waals surface area contributed by atoms with Gasteiger partial charge in [0.15, 0.2) is 11.5 Å². The van der Waals surface area contributed by atoms with Crippen molar-refractivity contribution in [2.75, 3.05) is 19.0 Å². The Morgan fingerprint density at radius 1 is 1.00 bits per heavy atom. The zero-order chi connectivity index (χ0) is 28.6. The standard InChI is InChI=1S/C31H32N4O6/c1-38-27-17-23-25(18-28(27)39-16-14-24(32)31(37)40-22-9-5-6-10-22)33-15-13-26(23)41-29-12-11-21(19-34-29)35-30(36)20-7-3-2-4-8-20/h2-4,7-8,11-13,15,17-19,22,24H,5-6,9-10,14,16,32H2,1H3,(H,35,36)/t24-/m0/s1. The van der Waals surface area contributed by atoms with Crippen LogP contribution in [0, 0.1) is 0 Å². The molecule has 3 N–H and O–H groups in total. The Balaban J connectivity index is 1.22. The van der Waals surface area contributed by atoms with E-state index in [9.17, 15) is 9.59 Å². The molecule has 10 heteroatoms. The quantitative estimate of drug-likeness (QED) is 0.237. The van der Waals surface area contributed by atoms with Crippen molar-refractivity contribution >= 4 is 28.5 Å². The van der Waals surface area contributed by atoms with E-state index < -0.39 is 12.0 Å². The maximum Gasteiger partial charge on any atom is 0.323 e. The summed E-state index contributed by atoms with van der Waals surface area (Å²) in [6.07, 6.45) is 7.39. The van der Waals surface area contributed by atoms with E-state index in [1.54, 1.807) is 67.9 Å². The first kappa shape index (κ1) is 27.9. The van der Waals surface area contributed by atoms with E-state index in [-0.39, 0.29) is 18.6 Å². The van der Waals surface area contributed by atoms with Gasteiger partial charge in [0, 0.05) is 35.7 Å². The summed E-state index contributed by atoms with van der Waals surface area (Å²) >= 11 is 0. The van der Waals surface area contributed by atoms with E-state index in [1.807, 2.05) is 6.07 Å². The number of carbonyl (C=O) groups is 2. The van der Waals surface area contributed by atoms with Crippen LogP contribution in [0.15, 0.2) is 73.1 Å². The molecular weight excluding hydrogens is 524 g/mol. The number of nitrogens with two attached hydrogens (primary N) is 1. The highest BCUT2D eigenvalue weighted by atomic mass is 16.5. The van der Waals surface area contributed by atoms with Crippen LogP contribution >= 0.6 is 0 Å². The second-order valence-electron chi connectivity index (χ2n) is 9.72. The number of nitrogens with zero attached hydrogens (tertiary/aromatic N) is 2. The summed E-state index contributed by atoms with van der Waals surface area (Å²) in [6.45, 7) is 0.204. The molecule has 1 amide bonds. The number of fused-ring (bicyclic) bond motifs is 1. The highest BCUT2D eigenvalue weighted by Gasteiger charge is 2.23. The average molecular weight is 557 g/mol. The molecule has 1 saturated carbocycles. The zero-order valence-corrected chi connectivity index (χ0v) is 22.7. The fourth-order valence-electron chi connectivity index (χ4n) is 4.58. The molecule has 5 rings (SSSR count). The summed E-state index contributed by atoms with van der Waals surface area (Å²) in [7, 11) is 1.54. The second-order valence-corrected chi connectivity index (χ2v) is 9.72. The van der Waals surface area contributed by atoms with Gasteiger partial charge in [-0.05, 0) is 56.0 Å². The number of pyridine rings is 2. The van der Waals surface area contributed by atoms with Crippen LogP contribution in [0.5, 0.6) is 23.1 Å². The number of benzene rings is 2. The normalized spacial score (nSPS) is 13.9. The van der Waals surface area contributed by atoms with Gasteiger partial charge in [-0.1, -0.05) is 18.2 Å². The number of anilines is 1. The minimum absolute atomic E-state index is 0.0221. The molecule has 0 radical (unpaired) electrons. The van der Waals surface area contributed by atoms with Crippen LogP contribution < -0.4 is 25.3 Å². The highest BCUT2D eigenvalue weighted by Crippen LogP contribution is 2.37. The van der Waals surface area contributed by atoms with E-state index >= 15 is 0 Å². The molecule has 2 aromatic heterocycles. The summed E-state index contributed by atoms with van der Waals surface area (Å²) in [5.41, 5.74) is 7.75. The Kier molecular flexibility index (Phi) is 8.90. The Labute approximate surface area is 237 Å². The van der Waals surface area contributed by atoms with Crippen molar-refractivity contribution in [2.24, 2.45) is 5.73 Å². The first-order valence-corrected chi connectivity index (χ1v) is 13.6. The molecule has 1 fully saturated rings. The SMILES string of the molecule is COc1cc2c(Oc3ccc(NC(=O)c4ccccc4)cn3)ccnc2cc1OCC[C@H](N)C(=O)OC1CCCC1. The molecule has 10 nitrogen and oxygen atoms in total. The number of ether oxygens (including phenoxy) is 4. The second kappa shape index (κ2) is 13.1. The summed E-state index contributed by atoms with van der Waals surface area (Å²) in [5.74, 6) is 1.19. The van der Waals surface area contributed by atoms with Gasteiger partial charge in [-0.15, -0.1) is 0 Å². The van der Waals surface area contributed by atoms with Crippen molar-refractivity contribution in [1.82, 2.24) is 9.97 Å². The van der Waals surface area contributed by atoms with Gasteiger partial charge in [-0.2, -0.15) is 0 Å². The lowest BCUT2D eigenvalue weighted by atomic mass is 10.1. The van der Waals surface area contributed by atoms with Crippen LogP contribution in [0.25, 0.3) is 10.9 Å². The maximum absolute atomic E-state index is 12.4. The molecule has 212 valence electrons. The summed E-state index contributed by atoms with van der Waals surface area (Å²) < 4.78 is 23.0. The smallest absolute Gasteiger partial charge is 0.323 e. The van der Waals surface area contributed by atoms with Crippen LogP contribution in [-0.2, 0) is 9.53 Å². The summed E-state index contributed by atoms with van der Waals surface area (Å²) in [6, 6.07) is 16.8. The van der Waals surface area contributed by atoms with E-state index in [0.29, 0.717) is 51.7 Å². The Morgan fingerprint density at radius 3 is 2.54 bits per heavy atom. The van der Waals surface area contributed by atoms with E-state index in [4.69, 9.17) is 24.7 Å². The number of amides is 1. The Bertz CT molecular complexity index is 1490. The lowest BCUT2D eigenvalue weighted by Gasteiger charge is -2.17. The van der Waals surface area contributed by atoms with Crippen LogP contribution in [0.3, 0.4) is 0 Å². The number of carbonyl (C=O) groups excluding carboxylic acids is 2. The molecule has 0 unspecified atom stereocenters. The predicted octanol–water partition coefficient (Wildman–Crippen LogP) is 5.27. The first-order chi connectivity index (χ1) is 20.0. The van der Waals surface area contributed by atoms with Gasteiger partial charge < -0.3 is 30.0 Å². The van der Waals surface area contributed by atoms with Crippen LogP contribution in [0.4, 0.5) is 5.69 Å². The van der Waals surface area contributed by atoms with E-state index in [0.717, 1.165) is 25.7 Å². The minimum atomic E-state index is -0.759. The lowest BCUT2D eigenvalue weighted by Crippen LogP contribution is -2.35. The van der Waals surface area contributed by atoms with Gasteiger partial charge in [0.25, 0.3) is 5.91 Å². The molecular formula is C31H32N4O6. The molecule has 4 aromatic rings. The van der Waals surface area contributed by atoms with E-state index in [2.05, 4.69) is 15.3 Å². The third-order valence-electron chi connectivity index (χ3n) is 6.81. The number of methoxy groups -OCH3 is 1. The van der Waals surface area contributed by atoms with Crippen molar-refractivity contribution < 1.29 is 28.5 Å². The van der Waals surface area contributed by atoms with Crippen molar-refractivity contribution in [3.8, 4) is 23.1 Å². The van der Waals surface area contributed by atoms with Crippen LogP contribution in [-0.4, -0.2) is 47.7 Å². The fourth-order valence-corrected chi connectivity index (χ4v) is 4.58. The first-order valence-electron chi connectivity index (χ1n) is 13.6. The number of nitrogens with one attached hydrogen (secondary N) is 1. The molecule has 0 saturated heterocycles. The molecule has 1 aliphatic rings. The third-order valence-corrected chi connectivity index (χ3v) is 6.81. The third kappa shape index (κ3) is 7.09. The topological polar surface area (TPSA) is 135 Å². The zero-order valence-electron chi connectivity index (χ0n) is 22.7. The summed E-state index contributed by atoms with van der Waals surface area (Å²) in [5, 5.41) is 3.51. The number of hydrogen-bond donors (Lipinski definition) is 2. The molecule has 2 heterocycles. The predicted molar refractivity (Wildman–Crippen MR) is 153 cm³/mol. The van der Waals surface area contributed by atoms with Crippen molar-refractivity contribution in [2.45, 2.75) is 44.2 Å². The van der Waals surface area contributed by atoms with Gasteiger partial charge in [-0.3, -0.25) is 14.6 Å². The van der Waals surface area contributed by atoms with Crippen LogP contribution in [0.2, 0.25) is 0 Å². The van der Waals surface area contributed by atoms with Crippen molar-refractivity contribution in [3.63, 3.8) is 0 Å². The molecule has 2 aromatic carbocycles. The Hall–Kier alpha value is -4.70. The molecule has 1 atom stereocenters. The van der Waals surface area contributed by atoms with Gasteiger partial charge in [0.1, 0.15) is 17.9 Å². The van der Waals surface area contributed by atoms with Crippen LogP contribution in [0.1, 0.15) is 42.5 Å². The number of aromatic nitrogens is 2. The number of hydrogen-bond acceptors (Lipinski definition) is 9. The van der Waals surface area contributed by atoms with Gasteiger partial charge >= 0.3 is 5.97 Å². The molecule has 0 bridgehead atoms. The van der Waals surface area contributed by atoms with Gasteiger partial charge in [0.05, 0.1) is 31.1 Å². The summed E-state index contributed by atoms with van der Waals surface area (Å²) in [4.78, 5) is 33.4. The van der Waals surface area contributed by atoms with Crippen molar-refractivity contribution in [1.29, 1.82) is 0 Å². The molecule has 0 spiro atoms. The number of rotatable bonds is 11. The highest BCUT2D eigenvalue weighted by molar-refractivity contribution is 6.04. The minimum Gasteiger partial charge on any atom is -0.493 e. The maximum atomic E-state index is 12.4. The molecule has 0 aliphatic heterocycles.